The molecule has 3 aromatic rings. The maximum atomic E-state index is 14.0. The molecule has 4 atom stereocenters. The van der Waals surface area contributed by atoms with Gasteiger partial charge in [-0.25, -0.2) is 18.7 Å². The zero-order chi connectivity index (χ0) is 43.1. The molecule has 1 aromatic heterocycles. The fraction of sp³-hybridized carbons (Fsp3) is 0.542. The number of hydrogen-bond acceptors (Lipinski definition) is 10. The molecule has 330 valence electrons. The summed E-state index contributed by atoms with van der Waals surface area (Å²) >= 11 is 0. The van der Waals surface area contributed by atoms with Crippen LogP contribution in [0.1, 0.15) is 97.8 Å². The predicted molar refractivity (Wildman–Crippen MR) is 233 cm³/mol. The van der Waals surface area contributed by atoms with Gasteiger partial charge in [0.2, 0.25) is 29.1 Å². The van der Waals surface area contributed by atoms with Crippen molar-refractivity contribution in [2.24, 2.45) is 11.3 Å². The van der Waals surface area contributed by atoms with Gasteiger partial charge < -0.3 is 19.4 Å². The van der Waals surface area contributed by atoms with Crippen molar-refractivity contribution in [1.82, 2.24) is 30.0 Å². The smallest absolute Gasteiger partial charge is 0.255 e. The standard InChI is InChI=1S/C48H55F2N9O4/c1-29-21-35-33-5-3-4-6-37(33)54(2)43(35)42(58(29)27-40(49)50)31-22-51-47(52-23-31)56-17-15-48(16-18-56)13-11-30(12-14-48)24-55-19-20-57-32(25-55)28-63-44-36-26-59(39-9-10-41(60)53-45(39)61)46(62)34(36)7-8-38(44)57/h3-8,22-23,29-30,32,39-40,42H,2,9-21,24-28H2,1H3/p+1/t29-,32-,39?,42-/m1/s1. The molecule has 0 radical (unpaired) electrons. The van der Waals surface area contributed by atoms with Crippen LogP contribution in [0.3, 0.4) is 0 Å². The molecule has 13 nitrogen and oxygen atoms in total. The Morgan fingerprint density at radius 3 is 2.49 bits per heavy atom. The highest BCUT2D eigenvalue weighted by Crippen LogP contribution is 2.51. The fourth-order valence-electron chi connectivity index (χ4n) is 12.4. The lowest BCUT2D eigenvalue weighted by molar-refractivity contribution is -0.380. The van der Waals surface area contributed by atoms with Crippen LogP contribution in [0.2, 0.25) is 0 Å². The quantitative estimate of drug-likeness (QED) is 0.232. The monoisotopic (exact) mass is 860 g/mol. The normalized spacial score (nSPS) is 27.3. The zero-order valence-electron chi connectivity index (χ0n) is 36.0. The Balaban J connectivity index is 0.685. The van der Waals surface area contributed by atoms with Crippen LogP contribution in [0.15, 0.2) is 54.5 Å². The third kappa shape index (κ3) is 7.00. The molecule has 1 saturated carbocycles. The number of carbonyl (C=O) groups is 3. The second-order valence-corrected chi connectivity index (χ2v) is 19.4. The van der Waals surface area contributed by atoms with Crippen LogP contribution >= 0.6 is 0 Å². The van der Waals surface area contributed by atoms with Crippen molar-refractivity contribution in [3.8, 4) is 5.75 Å². The molecule has 15 heteroatoms. The molecular weight excluding hydrogens is 805 g/mol. The molecule has 11 rings (SSSR count). The Labute approximate surface area is 366 Å². The van der Waals surface area contributed by atoms with Crippen LogP contribution in [0.25, 0.3) is 5.57 Å². The van der Waals surface area contributed by atoms with Gasteiger partial charge in [0.05, 0.1) is 30.4 Å². The summed E-state index contributed by atoms with van der Waals surface area (Å²) in [4.78, 5) is 58.4. The second-order valence-electron chi connectivity index (χ2n) is 19.4. The maximum Gasteiger partial charge on any atom is 0.255 e. The lowest BCUT2D eigenvalue weighted by Gasteiger charge is -2.48. The summed E-state index contributed by atoms with van der Waals surface area (Å²) in [7, 11) is 0. The number of hydrogen-bond donors (Lipinski definition) is 1. The molecule has 0 bridgehead atoms. The summed E-state index contributed by atoms with van der Waals surface area (Å²) in [6, 6.07) is 11.2. The van der Waals surface area contributed by atoms with Gasteiger partial charge >= 0.3 is 0 Å². The van der Waals surface area contributed by atoms with Crippen LogP contribution in [-0.4, -0.2) is 131 Å². The lowest BCUT2D eigenvalue weighted by Crippen LogP contribution is -2.58. The summed E-state index contributed by atoms with van der Waals surface area (Å²) in [6.45, 7) is 12.7. The molecule has 7 aliphatic heterocycles. The van der Waals surface area contributed by atoms with Gasteiger partial charge in [0, 0.05) is 92.5 Å². The van der Waals surface area contributed by atoms with Crippen molar-refractivity contribution in [2.45, 2.75) is 102 Å². The van der Waals surface area contributed by atoms with Crippen molar-refractivity contribution < 1.29 is 32.5 Å². The third-order valence-corrected chi connectivity index (χ3v) is 15.8. The second kappa shape index (κ2) is 15.8. The number of imide groups is 1. The van der Waals surface area contributed by atoms with E-state index in [9.17, 15) is 23.2 Å². The first kappa shape index (κ1) is 40.5. The lowest BCUT2D eigenvalue weighted by atomic mass is 9.65. The zero-order valence-corrected chi connectivity index (χ0v) is 36.0. The van der Waals surface area contributed by atoms with Crippen molar-refractivity contribution in [3.63, 3.8) is 0 Å². The molecule has 8 aliphatic rings. The molecule has 4 fully saturated rings. The van der Waals surface area contributed by atoms with Gasteiger partial charge in [0.15, 0.2) is 0 Å². The number of piperazine rings is 1. The summed E-state index contributed by atoms with van der Waals surface area (Å²) in [5.74, 6) is 1.28. The number of piperidine rings is 2. The van der Waals surface area contributed by atoms with Gasteiger partial charge in [-0.3, -0.25) is 29.5 Å². The highest BCUT2D eigenvalue weighted by molar-refractivity contribution is 6.06. The Morgan fingerprint density at radius 2 is 1.73 bits per heavy atom. The number of halogens is 2. The third-order valence-electron chi connectivity index (χ3n) is 15.8. The Morgan fingerprint density at radius 1 is 0.952 bits per heavy atom. The SMILES string of the molecule is C=[N+]1C2=C(C[C@@H](C)N(CC(F)F)[C@@H]2c2cnc(N3CCC4(CCC(CN5CCN6c7ccc8c(c7OC[C@H]6C5)CN(C5CCC(=O)NC5=O)C8=O)CC4)CC3)nc2)c2ccccc21. The molecule has 3 amide bonds. The van der Waals surface area contributed by atoms with E-state index in [1.54, 1.807) is 4.90 Å². The van der Waals surface area contributed by atoms with Crippen molar-refractivity contribution in [2.75, 3.05) is 62.2 Å². The minimum Gasteiger partial charge on any atom is -0.489 e. The van der Waals surface area contributed by atoms with E-state index in [0.29, 0.717) is 48.8 Å². The molecule has 1 spiro atoms. The highest BCUT2D eigenvalue weighted by Gasteiger charge is 2.48. The maximum absolute atomic E-state index is 14.0. The molecule has 1 N–H and O–H groups in total. The molecule has 63 heavy (non-hydrogen) atoms. The minimum absolute atomic E-state index is 0.0780. The van der Waals surface area contributed by atoms with Gasteiger partial charge in [0.25, 0.3) is 12.3 Å². The number of nitrogens with zero attached hydrogens (tertiary/aromatic N) is 8. The molecule has 1 unspecified atom stereocenters. The van der Waals surface area contributed by atoms with Gasteiger partial charge in [-0.1, -0.05) is 12.1 Å². The van der Waals surface area contributed by atoms with E-state index in [4.69, 9.17) is 14.7 Å². The summed E-state index contributed by atoms with van der Waals surface area (Å²) in [5, 5.41) is 2.39. The summed E-state index contributed by atoms with van der Waals surface area (Å²) < 4.78 is 36.4. The first-order chi connectivity index (χ1) is 30.5. The van der Waals surface area contributed by atoms with Crippen molar-refractivity contribution >= 4 is 47.3 Å². The van der Waals surface area contributed by atoms with Crippen LogP contribution in [0, 0.1) is 11.3 Å². The fourth-order valence-corrected chi connectivity index (χ4v) is 12.4. The van der Waals surface area contributed by atoms with Crippen molar-refractivity contribution in [1.29, 1.82) is 0 Å². The molecular formula is C48H56F2N9O4+. The molecule has 8 heterocycles. The number of anilines is 2. The summed E-state index contributed by atoms with van der Waals surface area (Å²) in [5.41, 5.74) is 7.88. The first-order valence-corrected chi connectivity index (χ1v) is 23.0. The number of nitrogens with one attached hydrogen (secondary N) is 1. The minimum atomic E-state index is -2.46. The van der Waals surface area contributed by atoms with E-state index < -0.39 is 24.4 Å². The number of aromatic nitrogens is 2. The van der Waals surface area contributed by atoms with Gasteiger partial charge in [-0.05, 0) is 87.8 Å². The van der Waals surface area contributed by atoms with Crippen LogP contribution in [0.5, 0.6) is 5.75 Å². The van der Waals surface area contributed by atoms with E-state index in [0.717, 1.165) is 91.6 Å². The largest absolute Gasteiger partial charge is 0.489 e. The Bertz CT molecular complexity index is 2390. The number of carbonyl (C=O) groups excluding carboxylic acids is 3. The van der Waals surface area contributed by atoms with E-state index in [2.05, 4.69) is 32.8 Å². The number of alkyl halides is 2. The summed E-state index contributed by atoms with van der Waals surface area (Å²) in [6.07, 6.45) is 9.70. The predicted octanol–water partition coefficient (Wildman–Crippen LogP) is 5.77. The highest BCUT2D eigenvalue weighted by atomic mass is 19.3. The van der Waals surface area contributed by atoms with E-state index in [-0.39, 0.29) is 36.9 Å². The number of para-hydroxylation sites is 1. The van der Waals surface area contributed by atoms with E-state index in [1.807, 2.05) is 59.1 Å². The molecule has 2 aromatic carbocycles. The van der Waals surface area contributed by atoms with E-state index >= 15 is 0 Å². The Hall–Kier alpha value is -5.28. The van der Waals surface area contributed by atoms with Gasteiger partial charge in [-0.2, -0.15) is 4.58 Å². The Kier molecular flexibility index (Phi) is 10.1. The average molecular weight is 861 g/mol. The van der Waals surface area contributed by atoms with Crippen molar-refractivity contribution in [3.05, 3.63) is 76.7 Å². The van der Waals surface area contributed by atoms with Crippen LogP contribution < -0.4 is 19.9 Å². The van der Waals surface area contributed by atoms with E-state index in [1.165, 1.54) is 31.3 Å². The number of benzene rings is 2. The number of fused-ring (bicyclic) bond motifs is 7. The number of rotatable bonds is 7. The average Bonchev–Trinajstić information content (AvgIpc) is 3.77. The molecule has 1 aliphatic carbocycles. The first-order valence-electron chi connectivity index (χ1n) is 23.0. The topological polar surface area (TPSA) is 117 Å². The van der Waals surface area contributed by atoms with Crippen LogP contribution in [0.4, 0.5) is 26.1 Å². The molecule has 3 saturated heterocycles. The van der Waals surface area contributed by atoms with Gasteiger partial charge in [0.1, 0.15) is 31.2 Å². The number of ether oxygens (including phenoxy) is 1. The van der Waals surface area contributed by atoms with Crippen LogP contribution in [-0.2, 0) is 16.1 Å². The van der Waals surface area contributed by atoms with Gasteiger partial charge in [-0.15, -0.1) is 0 Å². The number of amides is 3.